The second-order valence-corrected chi connectivity index (χ2v) is 3.91. The highest BCUT2D eigenvalue weighted by molar-refractivity contribution is 5.89. The standard InChI is InChI=1S/C14H13NO2/c1-2-11(4-5-14-16-8-9-17-14)13-6-7-15-10-12(13)3-1/h1-7,10,14H,8-9H2. The summed E-state index contributed by atoms with van der Waals surface area (Å²) in [6, 6.07) is 8.18. The van der Waals surface area contributed by atoms with E-state index in [1.807, 2.05) is 36.7 Å². The van der Waals surface area contributed by atoms with Crippen LogP contribution < -0.4 is 0 Å². The molecule has 0 aliphatic carbocycles. The van der Waals surface area contributed by atoms with Gasteiger partial charge in [0, 0.05) is 17.8 Å². The van der Waals surface area contributed by atoms with E-state index in [4.69, 9.17) is 9.47 Å². The minimum atomic E-state index is -0.202. The minimum absolute atomic E-state index is 0.202. The zero-order valence-corrected chi connectivity index (χ0v) is 9.37. The molecule has 3 heteroatoms. The lowest BCUT2D eigenvalue weighted by Gasteiger charge is -2.04. The fourth-order valence-corrected chi connectivity index (χ4v) is 1.96. The van der Waals surface area contributed by atoms with E-state index in [0.29, 0.717) is 13.2 Å². The van der Waals surface area contributed by atoms with E-state index in [1.54, 1.807) is 0 Å². The van der Waals surface area contributed by atoms with Crippen LogP contribution in [-0.2, 0) is 9.47 Å². The summed E-state index contributed by atoms with van der Waals surface area (Å²) in [6.07, 6.45) is 7.46. The number of hydrogen-bond acceptors (Lipinski definition) is 3. The monoisotopic (exact) mass is 227 g/mol. The molecule has 0 unspecified atom stereocenters. The van der Waals surface area contributed by atoms with Crippen molar-refractivity contribution in [2.24, 2.45) is 0 Å². The van der Waals surface area contributed by atoms with Crippen LogP contribution in [0.1, 0.15) is 5.56 Å². The molecule has 0 bridgehead atoms. The molecule has 0 saturated carbocycles. The van der Waals surface area contributed by atoms with E-state index in [2.05, 4.69) is 17.1 Å². The normalized spacial score (nSPS) is 17.2. The van der Waals surface area contributed by atoms with E-state index in [1.165, 1.54) is 5.39 Å². The predicted molar refractivity (Wildman–Crippen MR) is 66.5 cm³/mol. The van der Waals surface area contributed by atoms with Gasteiger partial charge in [0.1, 0.15) is 0 Å². The SMILES string of the molecule is C(=CC1OCCO1)c1cccc2cnccc12. The van der Waals surface area contributed by atoms with Gasteiger partial charge in [-0.1, -0.05) is 24.3 Å². The highest BCUT2D eigenvalue weighted by Crippen LogP contribution is 2.19. The maximum absolute atomic E-state index is 5.37. The molecule has 0 radical (unpaired) electrons. The van der Waals surface area contributed by atoms with Gasteiger partial charge in [-0.05, 0) is 23.1 Å². The number of ether oxygens (including phenoxy) is 2. The Morgan fingerprint density at radius 2 is 2.06 bits per heavy atom. The molecule has 3 rings (SSSR count). The molecular weight excluding hydrogens is 214 g/mol. The number of aromatic nitrogens is 1. The van der Waals surface area contributed by atoms with E-state index in [-0.39, 0.29) is 6.29 Å². The largest absolute Gasteiger partial charge is 0.347 e. The lowest BCUT2D eigenvalue weighted by Crippen LogP contribution is -2.01. The van der Waals surface area contributed by atoms with Gasteiger partial charge in [-0.2, -0.15) is 0 Å². The topological polar surface area (TPSA) is 31.4 Å². The van der Waals surface area contributed by atoms with Gasteiger partial charge in [-0.15, -0.1) is 0 Å². The average molecular weight is 227 g/mol. The van der Waals surface area contributed by atoms with Crippen LogP contribution >= 0.6 is 0 Å². The van der Waals surface area contributed by atoms with Crippen LogP contribution in [0.15, 0.2) is 42.7 Å². The molecule has 2 aromatic rings. The summed E-state index contributed by atoms with van der Waals surface area (Å²) in [5.74, 6) is 0. The van der Waals surface area contributed by atoms with Crippen molar-refractivity contribution in [3.63, 3.8) is 0 Å². The zero-order chi connectivity index (χ0) is 11.5. The zero-order valence-electron chi connectivity index (χ0n) is 9.37. The summed E-state index contributed by atoms with van der Waals surface area (Å²) in [6.45, 7) is 1.35. The average Bonchev–Trinajstić information content (AvgIpc) is 2.89. The number of benzene rings is 1. The summed E-state index contributed by atoms with van der Waals surface area (Å²) in [5.41, 5.74) is 1.16. The van der Waals surface area contributed by atoms with Crippen molar-refractivity contribution in [2.75, 3.05) is 13.2 Å². The van der Waals surface area contributed by atoms with Gasteiger partial charge in [0.25, 0.3) is 0 Å². The number of rotatable bonds is 2. The first-order chi connectivity index (χ1) is 8.43. The maximum Gasteiger partial charge on any atom is 0.177 e. The molecule has 1 fully saturated rings. The molecule has 0 amide bonds. The first kappa shape index (κ1) is 10.4. The highest BCUT2D eigenvalue weighted by Gasteiger charge is 2.11. The van der Waals surface area contributed by atoms with Crippen LogP contribution in [0.25, 0.3) is 16.8 Å². The Labute approximate surface area is 99.7 Å². The summed E-state index contributed by atoms with van der Waals surface area (Å²) in [4.78, 5) is 4.12. The van der Waals surface area contributed by atoms with Crippen molar-refractivity contribution in [2.45, 2.75) is 6.29 Å². The van der Waals surface area contributed by atoms with Crippen molar-refractivity contribution in [1.82, 2.24) is 4.98 Å². The molecule has 0 N–H and O–H groups in total. The number of hydrogen-bond donors (Lipinski definition) is 0. The van der Waals surface area contributed by atoms with E-state index in [9.17, 15) is 0 Å². The summed E-state index contributed by atoms with van der Waals surface area (Å²) >= 11 is 0. The van der Waals surface area contributed by atoms with E-state index < -0.39 is 0 Å². The van der Waals surface area contributed by atoms with Crippen molar-refractivity contribution < 1.29 is 9.47 Å². The first-order valence-corrected chi connectivity index (χ1v) is 5.68. The van der Waals surface area contributed by atoms with Crippen LogP contribution in [0.5, 0.6) is 0 Å². The third-order valence-corrected chi connectivity index (χ3v) is 2.79. The Morgan fingerprint density at radius 1 is 1.18 bits per heavy atom. The second kappa shape index (κ2) is 4.65. The van der Waals surface area contributed by atoms with Gasteiger partial charge in [-0.25, -0.2) is 0 Å². The van der Waals surface area contributed by atoms with Crippen LogP contribution in [0, 0.1) is 0 Å². The molecule has 1 saturated heterocycles. The van der Waals surface area contributed by atoms with Gasteiger partial charge in [0.2, 0.25) is 0 Å². The van der Waals surface area contributed by atoms with Gasteiger partial charge < -0.3 is 9.47 Å². The first-order valence-electron chi connectivity index (χ1n) is 5.68. The van der Waals surface area contributed by atoms with E-state index >= 15 is 0 Å². The van der Waals surface area contributed by atoms with Gasteiger partial charge in [0.05, 0.1) is 13.2 Å². The van der Waals surface area contributed by atoms with Crippen molar-refractivity contribution in [3.05, 3.63) is 48.3 Å². The fourth-order valence-electron chi connectivity index (χ4n) is 1.96. The molecule has 17 heavy (non-hydrogen) atoms. The van der Waals surface area contributed by atoms with Crippen LogP contribution in [0.4, 0.5) is 0 Å². The second-order valence-electron chi connectivity index (χ2n) is 3.91. The third-order valence-electron chi connectivity index (χ3n) is 2.79. The summed E-state index contributed by atoms with van der Waals surface area (Å²) in [5, 5.41) is 2.33. The lowest BCUT2D eigenvalue weighted by molar-refractivity contribution is -0.000904. The molecule has 0 spiro atoms. The number of pyridine rings is 1. The lowest BCUT2D eigenvalue weighted by atomic mass is 10.1. The Hall–Kier alpha value is -1.71. The van der Waals surface area contributed by atoms with Crippen molar-refractivity contribution in [3.8, 4) is 0 Å². The quantitative estimate of drug-likeness (QED) is 0.790. The predicted octanol–water partition coefficient (Wildman–Crippen LogP) is 2.62. The Kier molecular flexibility index (Phi) is 2.86. The molecule has 86 valence electrons. The smallest absolute Gasteiger partial charge is 0.177 e. The third kappa shape index (κ3) is 2.20. The number of fused-ring (bicyclic) bond motifs is 1. The molecule has 2 heterocycles. The van der Waals surface area contributed by atoms with Crippen LogP contribution in [0.2, 0.25) is 0 Å². The Balaban J connectivity index is 1.94. The molecule has 3 nitrogen and oxygen atoms in total. The van der Waals surface area contributed by atoms with Crippen molar-refractivity contribution in [1.29, 1.82) is 0 Å². The molecular formula is C14H13NO2. The number of nitrogens with zero attached hydrogens (tertiary/aromatic N) is 1. The maximum atomic E-state index is 5.37. The van der Waals surface area contributed by atoms with Gasteiger partial charge in [0.15, 0.2) is 6.29 Å². The van der Waals surface area contributed by atoms with Gasteiger partial charge in [-0.3, -0.25) is 4.98 Å². The summed E-state index contributed by atoms with van der Waals surface area (Å²) in [7, 11) is 0. The van der Waals surface area contributed by atoms with E-state index in [0.717, 1.165) is 10.9 Å². The highest BCUT2D eigenvalue weighted by atomic mass is 16.7. The molecule has 1 aromatic heterocycles. The molecule has 0 atom stereocenters. The molecule has 1 aliphatic heterocycles. The van der Waals surface area contributed by atoms with Gasteiger partial charge >= 0.3 is 0 Å². The summed E-state index contributed by atoms with van der Waals surface area (Å²) < 4.78 is 10.7. The van der Waals surface area contributed by atoms with Crippen LogP contribution in [0.3, 0.4) is 0 Å². The molecule has 1 aliphatic rings. The van der Waals surface area contributed by atoms with Crippen LogP contribution in [-0.4, -0.2) is 24.5 Å². The molecule has 1 aromatic carbocycles. The Morgan fingerprint density at radius 3 is 2.94 bits per heavy atom. The fraction of sp³-hybridized carbons (Fsp3) is 0.214. The van der Waals surface area contributed by atoms with Crippen molar-refractivity contribution >= 4 is 16.8 Å². The Bertz CT molecular complexity index is 539. The minimum Gasteiger partial charge on any atom is -0.347 e.